The lowest BCUT2D eigenvalue weighted by molar-refractivity contribution is 0.122. The molecule has 0 radical (unpaired) electrons. The van der Waals surface area contributed by atoms with Crippen LogP contribution in [-0.2, 0) is 11.8 Å². The zero-order chi connectivity index (χ0) is 22.4. The molecule has 8 heteroatoms. The molecule has 5 aromatic rings. The van der Waals surface area contributed by atoms with Crippen molar-refractivity contribution in [1.29, 1.82) is 0 Å². The summed E-state index contributed by atoms with van der Waals surface area (Å²) in [6.45, 7) is 4.95. The number of H-pyrrole nitrogens is 1. The third-order valence-electron chi connectivity index (χ3n) is 6.17. The normalized spacial score (nSPS) is 14.3. The van der Waals surface area contributed by atoms with Gasteiger partial charge in [-0.1, -0.05) is 12.1 Å². The maximum atomic E-state index is 5.53. The van der Waals surface area contributed by atoms with Crippen molar-refractivity contribution in [3.63, 3.8) is 0 Å². The maximum Gasteiger partial charge on any atom is 0.228 e. The highest BCUT2D eigenvalue weighted by Crippen LogP contribution is 2.29. The van der Waals surface area contributed by atoms with Crippen molar-refractivity contribution in [1.82, 2.24) is 24.7 Å². The first-order chi connectivity index (χ1) is 16.1. The fourth-order valence-electron chi connectivity index (χ4n) is 4.43. The van der Waals surface area contributed by atoms with Crippen molar-refractivity contribution in [2.24, 2.45) is 7.05 Å². The van der Waals surface area contributed by atoms with E-state index in [2.05, 4.69) is 62.8 Å². The lowest BCUT2D eigenvalue weighted by Gasteiger charge is -2.27. The molecular formula is C25H25N7O. The summed E-state index contributed by atoms with van der Waals surface area (Å²) in [5.74, 6) is 1.47. The molecule has 0 aliphatic carbocycles. The standard InChI is InChI=1S/C25H25N7O/c1-16-20-5-3-17(14-23(20)31(2)30-16)22-15-24(29-25(28-22)32-9-11-33-12-10-32)27-19-4-6-21-18(13-19)7-8-26-21/h3-8,13-15,26H,9-12H2,1-2H3,(H,27,28,29). The Bertz CT molecular complexity index is 1460. The second kappa shape index (κ2) is 7.90. The monoisotopic (exact) mass is 439 g/mol. The van der Waals surface area contributed by atoms with Gasteiger partial charge in [-0.25, -0.2) is 4.98 Å². The number of morpholine rings is 1. The molecule has 2 N–H and O–H groups in total. The molecule has 166 valence electrons. The molecule has 0 bridgehead atoms. The van der Waals surface area contributed by atoms with Gasteiger partial charge in [0.05, 0.1) is 30.1 Å². The third-order valence-corrected chi connectivity index (χ3v) is 6.17. The Hall–Kier alpha value is -3.91. The van der Waals surface area contributed by atoms with Gasteiger partial charge < -0.3 is 19.9 Å². The number of nitrogens with one attached hydrogen (secondary N) is 2. The highest BCUT2D eigenvalue weighted by atomic mass is 16.5. The summed E-state index contributed by atoms with van der Waals surface area (Å²) in [5.41, 5.74) is 6.11. The number of fused-ring (bicyclic) bond motifs is 2. The number of nitrogens with zero attached hydrogens (tertiary/aromatic N) is 5. The van der Waals surface area contributed by atoms with Crippen LogP contribution in [0.5, 0.6) is 0 Å². The molecule has 1 fully saturated rings. The van der Waals surface area contributed by atoms with Crippen molar-refractivity contribution >= 4 is 39.3 Å². The van der Waals surface area contributed by atoms with Crippen molar-refractivity contribution < 1.29 is 4.74 Å². The molecule has 1 aliphatic heterocycles. The molecule has 3 aromatic heterocycles. The summed E-state index contributed by atoms with van der Waals surface area (Å²) in [6.07, 6.45) is 1.95. The maximum absolute atomic E-state index is 5.53. The van der Waals surface area contributed by atoms with E-state index in [-0.39, 0.29) is 0 Å². The Morgan fingerprint density at radius 1 is 1.00 bits per heavy atom. The van der Waals surface area contributed by atoms with Crippen LogP contribution in [0.25, 0.3) is 33.1 Å². The molecule has 6 rings (SSSR count). The number of hydrogen-bond donors (Lipinski definition) is 2. The number of hydrogen-bond acceptors (Lipinski definition) is 6. The van der Waals surface area contributed by atoms with Crippen LogP contribution in [0.4, 0.5) is 17.5 Å². The van der Waals surface area contributed by atoms with Crippen LogP contribution in [-0.4, -0.2) is 51.0 Å². The van der Waals surface area contributed by atoms with Crippen LogP contribution in [0.3, 0.4) is 0 Å². The molecular weight excluding hydrogens is 414 g/mol. The van der Waals surface area contributed by atoms with Gasteiger partial charge in [0.25, 0.3) is 0 Å². The Morgan fingerprint density at radius 3 is 2.76 bits per heavy atom. The van der Waals surface area contributed by atoms with E-state index in [0.717, 1.165) is 63.4 Å². The van der Waals surface area contributed by atoms with Crippen LogP contribution in [0.15, 0.2) is 54.7 Å². The first-order valence-electron chi connectivity index (χ1n) is 11.1. The van der Waals surface area contributed by atoms with Crippen LogP contribution in [0.1, 0.15) is 5.69 Å². The summed E-state index contributed by atoms with van der Waals surface area (Å²) >= 11 is 0. The number of aryl methyl sites for hydroxylation is 2. The Balaban J connectivity index is 1.43. The predicted molar refractivity (Wildman–Crippen MR) is 131 cm³/mol. The molecule has 0 spiro atoms. The largest absolute Gasteiger partial charge is 0.378 e. The molecule has 8 nitrogen and oxygen atoms in total. The minimum atomic E-state index is 0.681. The lowest BCUT2D eigenvalue weighted by atomic mass is 10.1. The van der Waals surface area contributed by atoms with E-state index in [4.69, 9.17) is 14.7 Å². The summed E-state index contributed by atoms with van der Waals surface area (Å²) in [7, 11) is 1.97. The second-order valence-corrected chi connectivity index (χ2v) is 8.38. The fraction of sp³-hybridized carbons (Fsp3) is 0.240. The molecule has 0 unspecified atom stereocenters. The zero-order valence-corrected chi connectivity index (χ0v) is 18.7. The number of ether oxygens (including phenoxy) is 1. The van der Waals surface area contributed by atoms with Crippen LogP contribution in [0, 0.1) is 6.92 Å². The highest BCUT2D eigenvalue weighted by Gasteiger charge is 2.17. The molecule has 0 saturated carbocycles. The number of aromatic nitrogens is 5. The van der Waals surface area contributed by atoms with Gasteiger partial charge in [-0.15, -0.1) is 0 Å². The predicted octanol–water partition coefficient (Wildman–Crippen LogP) is 4.40. The van der Waals surface area contributed by atoms with Crippen molar-refractivity contribution in [2.75, 3.05) is 36.5 Å². The minimum Gasteiger partial charge on any atom is -0.378 e. The second-order valence-electron chi connectivity index (χ2n) is 8.38. The van der Waals surface area contributed by atoms with Gasteiger partial charge in [0, 0.05) is 59.9 Å². The van der Waals surface area contributed by atoms with E-state index in [1.54, 1.807) is 0 Å². The molecule has 2 aromatic carbocycles. The topological polar surface area (TPSA) is 83.9 Å². The summed E-state index contributed by atoms with van der Waals surface area (Å²) in [4.78, 5) is 15.2. The van der Waals surface area contributed by atoms with E-state index in [1.807, 2.05) is 30.9 Å². The summed E-state index contributed by atoms with van der Waals surface area (Å²) in [5, 5.41) is 10.4. The van der Waals surface area contributed by atoms with Crippen molar-refractivity contribution in [3.05, 3.63) is 60.4 Å². The first kappa shape index (κ1) is 19.8. The minimum absolute atomic E-state index is 0.681. The van der Waals surface area contributed by atoms with Crippen LogP contribution < -0.4 is 10.2 Å². The van der Waals surface area contributed by atoms with Gasteiger partial charge in [-0.05, 0) is 37.3 Å². The molecule has 1 saturated heterocycles. The van der Waals surface area contributed by atoms with E-state index in [1.165, 1.54) is 0 Å². The fourth-order valence-corrected chi connectivity index (χ4v) is 4.43. The molecule has 0 amide bonds. The van der Waals surface area contributed by atoms with Gasteiger partial charge in [0.15, 0.2) is 0 Å². The zero-order valence-electron chi connectivity index (χ0n) is 18.7. The summed E-state index contributed by atoms with van der Waals surface area (Å²) < 4.78 is 7.45. The first-order valence-corrected chi connectivity index (χ1v) is 11.1. The van der Waals surface area contributed by atoms with Gasteiger partial charge in [0.2, 0.25) is 5.95 Å². The van der Waals surface area contributed by atoms with E-state index >= 15 is 0 Å². The smallest absolute Gasteiger partial charge is 0.228 e. The van der Waals surface area contributed by atoms with Gasteiger partial charge >= 0.3 is 0 Å². The molecule has 33 heavy (non-hydrogen) atoms. The summed E-state index contributed by atoms with van der Waals surface area (Å²) in [6, 6.07) is 16.7. The SMILES string of the molecule is Cc1nn(C)c2cc(-c3cc(Nc4ccc5[nH]ccc5c4)nc(N4CCOCC4)n3)ccc12. The van der Waals surface area contributed by atoms with Crippen molar-refractivity contribution in [3.8, 4) is 11.3 Å². The lowest BCUT2D eigenvalue weighted by Crippen LogP contribution is -2.37. The van der Waals surface area contributed by atoms with Crippen LogP contribution >= 0.6 is 0 Å². The number of rotatable bonds is 4. The van der Waals surface area contributed by atoms with Gasteiger partial charge in [0.1, 0.15) is 5.82 Å². The van der Waals surface area contributed by atoms with E-state index < -0.39 is 0 Å². The average Bonchev–Trinajstić information content (AvgIpc) is 3.42. The number of benzene rings is 2. The highest BCUT2D eigenvalue weighted by molar-refractivity contribution is 5.87. The average molecular weight is 440 g/mol. The van der Waals surface area contributed by atoms with E-state index in [0.29, 0.717) is 19.2 Å². The Morgan fingerprint density at radius 2 is 1.88 bits per heavy atom. The molecule has 1 aliphatic rings. The van der Waals surface area contributed by atoms with E-state index in [9.17, 15) is 0 Å². The number of anilines is 3. The Labute approximate surface area is 191 Å². The van der Waals surface area contributed by atoms with Crippen molar-refractivity contribution in [2.45, 2.75) is 6.92 Å². The molecule has 0 atom stereocenters. The number of aromatic amines is 1. The van der Waals surface area contributed by atoms with Crippen LogP contribution in [0.2, 0.25) is 0 Å². The third kappa shape index (κ3) is 3.68. The van der Waals surface area contributed by atoms with Gasteiger partial charge in [-0.2, -0.15) is 10.1 Å². The molecule has 4 heterocycles. The van der Waals surface area contributed by atoms with Gasteiger partial charge in [-0.3, -0.25) is 4.68 Å². The quantitative estimate of drug-likeness (QED) is 0.432. The Kier molecular flexibility index (Phi) is 4.73.